The smallest absolute Gasteiger partial charge is 0.321 e. The summed E-state index contributed by atoms with van der Waals surface area (Å²) in [6.07, 6.45) is 0.778. The van der Waals surface area contributed by atoms with Gasteiger partial charge in [-0.3, -0.25) is 10.1 Å². The molecule has 2 N–H and O–H groups in total. The number of urea groups is 1. The summed E-state index contributed by atoms with van der Waals surface area (Å²) in [5.41, 5.74) is 0. The summed E-state index contributed by atoms with van der Waals surface area (Å²) in [4.78, 5) is 22.6. The first-order valence-corrected chi connectivity index (χ1v) is 6.47. The summed E-state index contributed by atoms with van der Waals surface area (Å²) in [7, 11) is 0. The summed E-state index contributed by atoms with van der Waals surface area (Å²) in [5.74, 6) is -0.669. The molecular weight excluding hydrogens is 319 g/mol. The van der Waals surface area contributed by atoms with E-state index >= 15 is 0 Å². The fourth-order valence-corrected chi connectivity index (χ4v) is 1.65. The number of carbonyl (C=O) groups excluding carboxylic acids is 2. The van der Waals surface area contributed by atoms with E-state index in [1.165, 1.54) is 18.2 Å². The lowest BCUT2D eigenvalue weighted by Gasteiger charge is -2.08. The topological polar surface area (TPSA) is 67.4 Å². The number of rotatable bonds is 5. The number of benzene rings is 1. The standard InChI is InChI=1S/C12H14BrFN2O3/c1-2-5-15-12(18)16-11(17)7-19-10-4-3-8(14)6-9(10)13/h3-4,6H,2,5,7H2,1H3,(H2,15,16,17,18). The molecule has 0 aliphatic carbocycles. The molecule has 0 spiro atoms. The first-order valence-electron chi connectivity index (χ1n) is 5.68. The number of hydrogen-bond acceptors (Lipinski definition) is 3. The molecule has 5 nitrogen and oxygen atoms in total. The second-order valence-corrected chi connectivity index (χ2v) is 4.52. The third kappa shape index (κ3) is 5.69. The quantitative estimate of drug-likeness (QED) is 0.868. The van der Waals surface area contributed by atoms with Gasteiger partial charge in [0.15, 0.2) is 6.61 Å². The van der Waals surface area contributed by atoms with Gasteiger partial charge in [0.25, 0.3) is 5.91 Å². The number of halogens is 2. The lowest BCUT2D eigenvalue weighted by Crippen LogP contribution is -2.41. The van der Waals surface area contributed by atoms with Crippen molar-refractivity contribution in [2.24, 2.45) is 0 Å². The lowest BCUT2D eigenvalue weighted by atomic mass is 10.3. The molecule has 0 aliphatic heterocycles. The highest BCUT2D eigenvalue weighted by Crippen LogP contribution is 2.25. The number of nitrogens with one attached hydrogen (secondary N) is 2. The highest BCUT2D eigenvalue weighted by molar-refractivity contribution is 9.10. The molecule has 0 unspecified atom stereocenters. The monoisotopic (exact) mass is 332 g/mol. The van der Waals surface area contributed by atoms with Gasteiger partial charge in [-0.2, -0.15) is 0 Å². The highest BCUT2D eigenvalue weighted by Gasteiger charge is 2.09. The maximum absolute atomic E-state index is 12.8. The van der Waals surface area contributed by atoms with E-state index in [1.807, 2.05) is 6.92 Å². The predicted octanol–water partition coefficient (Wildman–Crippen LogP) is 2.20. The maximum Gasteiger partial charge on any atom is 0.321 e. The molecule has 7 heteroatoms. The van der Waals surface area contributed by atoms with Gasteiger partial charge in [0.2, 0.25) is 0 Å². The zero-order valence-electron chi connectivity index (χ0n) is 10.3. The zero-order valence-corrected chi connectivity index (χ0v) is 11.9. The minimum absolute atomic E-state index is 0.325. The molecule has 1 rings (SSSR count). The average Bonchev–Trinajstić information content (AvgIpc) is 2.35. The molecule has 0 aliphatic rings. The average molecular weight is 333 g/mol. The van der Waals surface area contributed by atoms with Crippen LogP contribution in [0.25, 0.3) is 0 Å². The van der Waals surface area contributed by atoms with Crippen molar-refractivity contribution in [3.63, 3.8) is 0 Å². The van der Waals surface area contributed by atoms with Gasteiger partial charge in [-0.1, -0.05) is 6.92 Å². The molecular formula is C12H14BrFN2O3. The molecule has 1 aromatic rings. The Morgan fingerprint density at radius 2 is 2.16 bits per heavy atom. The van der Waals surface area contributed by atoms with Crippen LogP contribution < -0.4 is 15.4 Å². The van der Waals surface area contributed by atoms with Crippen molar-refractivity contribution in [2.45, 2.75) is 13.3 Å². The fourth-order valence-electron chi connectivity index (χ4n) is 1.18. The Kier molecular flexibility index (Phi) is 6.27. The second kappa shape index (κ2) is 7.73. The Hall–Kier alpha value is -1.63. The summed E-state index contributed by atoms with van der Waals surface area (Å²) in [6, 6.07) is 3.27. The number of amides is 3. The van der Waals surface area contributed by atoms with Crippen LogP contribution in [-0.4, -0.2) is 25.1 Å². The molecule has 0 saturated carbocycles. The van der Waals surface area contributed by atoms with Crippen molar-refractivity contribution in [1.82, 2.24) is 10.6 Å². The van der Waals surface area contributed by atoms with E-state index in [2.05, 4.69) is 26.6 Å². The van der Waals surface area contributed by atoms with Crippen LogP contribution in [0.4, 0.5) is 9.18 Å². The Labute approximate surface area is 118 Å². The molecule has 19 heavy (non-hydrogen) atoms. The molecule has 0 fully saturated rings. The molecule has 0 heterocycles. The van der Waals surface area contributed by atoms with Crippen LogP contribution in [0.3, 0.4) is 0 Å². The van der Waals surface area contributed by atoms with E-state index < -0.39 is 17.8 Å². The number of imide groups is 1. The first-order chi connectivity index (χ1) is 9.02. The minimum atomic E-state index is -0.579. The van der Waals surface area contributed by atoms with E-state index in [0.717, 1.165) is 6.42 Å². The summed E-state index contributed by atoms with van der Waals surface area (Å²) < 4.78 is 18.4. The van der Waals surface area contributed by atoms with Crippen molar-refractivity contribution in [3.8, 4) is 5.75 Å². The Balaban J connectivity index is 2.39. The second-order valence-electron chi connectivity index (χ2n) is 3.67. The molecule has 1 aromatic carbocycles. The third-order valence-electron chi connectivity index (χ3n) is 2.04. The van der Waals surface area contributed by atoms with Crippen molar-refractivity contribution < 1.29 is 18.7 Å². The maximum atomic E-state index is 12.8. The zero-order chi connectivity index (χ0) is 14.3. The molecule has 0 saturated heterocycles. The van der Waals surface area contributed by atoms with Crippen LogP contribution >= 0.6 is 15.9 Å². The largest absolute Gasteiger partial charge is 0.483 e. The Bertz CT molecular complexity index is 468. The number of ether oxygens (including phenoxy) is 1. The molecule has 0 bridgehead atoms. The predicted molar refractivity (Wildman–Crippen MR) is 71.4 cm³/mol. The van der Waals surface area contributed by atoms with Gasteiger partial charge in [-0.15, -0.1) is 0 Å². The van der Waals surface area contributed by atoms with Gasteiger partial charge in [0, 0.05) is 6.54 Å². The van der Waals surface area contributed by atoms with Gasteiger partial charge < -0.3 is 10.1 Å². The lowest BCUT2D eigenvalue weighted by molar-refractivity contribution is -0.122. The van der Waals surface area contributed by atoms with Crippen LogP contribution in [0.2, 0.25) is 0 Å². The third-order valence-corrected chi connectivity index (χ3v) is 2.66. The molecule has 104 valence electrons. The van der Waals surface area contributed by atoms with Crippen molar-refractivity contribution in [3.05, 3.63) is 28.5 Å². The molecule has 0 atom stereocenters. The van der Waals surface area contributed by atoms with Gasteiger partial charge >= 0.3 is 6.03 Å². The van der Waals surface area contributed by atoms with Crippen LogP contribution in [0.5, 0.6) is 5.75 Å². The summed E-state index contributed by atoms with van der Waals surface area (Å²) in [6.45, 7) is 2.06. The minimum Gasteiger partial charge on any atom is -0.483 e. The number of hydrogen-bond donors (Lipinski definition) is 2. The molecule has 3 amide bonds. The van der Waals surface area contributed by atoms with Gasteiger partial charge in [-0.25, -0.2) is 9.18 Å². The number of carbonyl (C=O) groups is 2. The van der Waals surface area contributed by atoms with E-state index in [4.69, 9.17) is 4.74 Å². The fraction of sp³-hybridized carbons (Fsp3) is 0.333. The van der Waals surface area contributed by atoms with Crippen LogP contribution in [-0.2, 0) is 4.79 Å². The summed E-state index contributed by atoms with van der Waals surface area (Å²) in [5, 5.41) is 4.61. The van der Waals surface area contributed by atoms with Crippen LogP contribution in [0.1, 0.15) is 13.3 Å². The Morgan fingerprint density at radius 1 is 1.42 bits per heavy atom. The van der Waals surface area contributed by atoms with Crippen LogP contribution in [0, 0.1) is 5.82 Å². The molecule has 0 aromatic heterocycles. The van der Waals surface area contributed by atoms with Crippen LogP contribution in [0.15, 0.2) is 22.7 Å². The van der Waals surface area contributed by atoms with E-state index in [0.29, 0.717) is 16.8 Å². The van der Waals surface area contributed by atoms with Gasteiger partial charge in [0.1, 0.15) is 11.6 Å². The van der Waals surface area contributed by atoms with Gasteiger partial charge in [-0.05, 0) is 40.5 Å². The van der Waals surface area contributed by atoms with Crippen molar-refractivity contribution in [1.29, 1.82) is 0 Å². The van der Waals surface area contributed by atoms with E-state index in [-0.39, 0.29) is 6.61 Å². The van der Waals surface area contributed by atoms with E-state index in [9.17, 15) is 14.0 Å². The van der Waals surface area contributed by atoms with Crippen molar-refractivity contribution in [2.75, 3.05) is 13.2 Å². The molecule has 0 radical (unpaired) electrons. The Morgan fingerprint density at radius 3 is 2.79 bits per heavy atom. The SMILES string of the molecule is CCCNC(=O)NC(=O)COc1ccc(F)cc1Br. The normalized spacial score (nSPS) is 9.84. The summed E-state index contributed by atoms with van der Waals surface area (Å²) >= 11 is 3.11. The van der Waals surface area contributed by atoms with E-state index in [1.54, 1.807) is 0 Å². The highest BCUT2D eigenvalue weighted by atomic mass is 79.9. The van der Waals surface area contributed by atoms with Gasteiger partial charge in [0.05, 0.1) is 4.47 Å². The van der Waals surface area contributed by atoms with Crippen molar-refractivity contribution >= 4 is 27.9 Å². The first kappa shape index (κ1) is 15.4.